The van der Waals surface area contributed by atoms with Gasteiger partial charge in [0.1, 0.15) is 0 Å². The Bertz CT molecular complexity index is 117. The van der Waals surface area contributed by atoms with Crippen LogP contribution in [-0.4, -0.2) is 35.5 Å². The number of aliphatic hydroxyl groups is 2. The highest BCUT2D eigenvalue weighted by Crippen LogP contribution is 2.20. The zero-order valence-electron chi connectivity index (χ0n) is 7.12. The first-order chi connectivity index (χ1) is 4.95. The van der Waals surface area contributed by atoms with Crippen LogP contribution in [0.15, 0.2) is 0 Å². The number of rotatable bonds is 4. The molecule has 0 amide bonds. The summed E-state index contributed by atoms with van der Waals surface area (Å²) in [6.07, 6.45) is -1.73. The lowest BCUT2D eigenvalue weighted by Gasteiger charge is -2.31. The van der Waals surface area contributed by atoms with Crippen molar-refractivity contribution in [2.45, 2.75) is 26.1 Å². The fourth-order valence-corrected chi connectivity index (χ4v) is 0.770. The van der Waals surface area contributed by atoms with Crippen LogP contribution in [0.2, 0.25) is 0 Å². The van der Waals surface area contributed by atoms with Crippen LogP contribution in [-0.2, 0) is 0 Å². The lowest BCUT2D eigenvalue weighted by Crippen LogP contribution is -2.46. The smallest absolute Gasteiger partial charge is 0.0926 e. The third-order valence-corrected chi connectivity index (χ3v) is 1.93. The standard InChI is InChI=1S/C7H18N2O2/c1-7(2,4-9)6(11)5(10)3-8/h5-6,10-11H,3-4,8-9H2,1-2H3. The number of hydrogen-bond acceptors (Lipinski definition) is 4. The van der Waals surface area contributed by atoms with E-state index in [0.29, 0.717) is 6.54 Å². The minimum atomic E-state index is -0.881. The fourth-order valence-electron chi connectivity index (χ4n) is 0.770. The molecule has 0 aliphatic carbocycles. The third-order valence-electron chi connectivity index (χ3n) is 1.93. The summed E-state index contributed by atoms with van der Waals surface area (Å²) in [6.45, 7) is 3.96. The molecule has 4 nitrogen and oxygen atoms in total. The van der Waals surface area contributed by atoms with Crippen LogP contribution in [0.3, 0.4) is 0 Å². The summed E-state index contributed by atoms with van der Waals surface area (Å²) >= 11 is 0. The van der Waals surface area contributed by atoms with E-state index in [4.69, 9.17) is 16.6 Å². The van der Waals surface area contributed by atoms with Gasteiger partial charge in [-0.2, -0.15) is 0 Å². The summed E-state index contributed by atoms with van der Waals surface area (Å²) in [5, 5.41) is 18.6. The van der Waals surface area contributed by atoms with E-state index in [9.17, 15) is 5.11 Å². The summed E-state index contributed by atoms with van der Waals surface area (Å²) in [6, 6.07) is 0. The van der Waals surface area contributed by atoms with Gasteiger partial charge in [0.25, 0.3) is 0 Å². The molecule has 0 aliphatic heterocycles. The quantitative estimate of drug-likeness (QED) is 0.411. The maximum Gasteiger partial charge on any atom is 0.0926 e. The fraction of sp³-hybridized carbons (Fsp3) is 1.00. The van der Waals surface area contributed by atoms with Gasteiger partial charge in [-0.1, -0.05) is 13.8 Å². The molecule has 0 aliphatic rings. The normalized spacial score (nSPS) is 18.0. The van der Waals surface area contributed by atoms with Crippen LogP contribution in [0, 0.1) is 5.41 Å². The van der Waals surface area contributed by atoms with E-state index >= 15 is 0 Å². The second kappa shape index (κ2) is 4.01. The van der Waals surface area contributed by atoms with E-state index in [1.54, 1.807) is 13.8 Å². The summed E-state index contributed by atoms with van der Waals surface area (Å²) in [4.78, 5) is 0. The topological polar surface area (TPSA) is 92.5 Å². The number of nitrogens with two attached hydrogens (primary N) is 2. The number of aliphatic hydroxyl groups excluding tert-OH is 2. The van der Waals surface area contributed by atoms with Gasteiger partial charge in [0.2, 0.25) is 0 Å². The molecule has 4 heteroatoms. The molecule has 2 unspecified atom stereocenters. The van der Waals surface area contributed by atoms with Crippen LogP contribution >= 0.6 is 0 Å². The van der Waals surface area contributed by atoms with E-state index in [-0.39, 0.29) is 6.54 Å². The highest BCUT2D eigenvalue weighted by atomic mass is 16.3. The lowest BCUT2D eigenvalue weighted by atomic mass is 9.84. The number of hydrogen-bond donors (Lipinski definition) is 4. The van der Waals surface area contributed by atoms with Crippen molar-refractivity contribution in [3.63, 3.8) is 0 Å². The molecule has 0 rings (SSSR count). The molecule has 0 heterocycles. The van der Waals surface area contributed by atoms with Crippen molar-refractivity contribution in [2.24, 2.45) is 16.9 Å². The van der Waals surface area contributed by atoms with Crippen LogP contribution in [0.1, 0.15) is 13.8 Å². The van der Waals surface area contributed by atoms with Crippen LogP contribution < -0.4 is 11.5 Å². The SMILES string of the molecule is CC(C)(CN)C(O)C(O)CN. The maximum absolute atomic E-state index is 9.44. The van der Waals surface area contributed by atoms with Gasteiger partial charge in [-0.05, 0) is 6.54 Å². The maximum atomic E-state index is 9.44. The minimum absolute atomic E-state index is 0.0601. The molecule has 6 N–H and O–H groups in total. The van der Waals surface area contributed by atoms with Crippen molar-refractivity contribution < 1.29 is 10.2 Å². The van der Waals surface area contributed by atoms with Gasteiger partial charge in [0.05, 0.1) is 12.2 Å². The van der Waals surface area contributed by atoms with Crippen molar-refractivity contribution in [3.8, 4) is 0 Å². The highest BCUT2D eigenvalue weighted by Gasteiger charge is 2.31. The predicted molar refractivity (Wildman–Crippen MR) is 43.9 cm³/mol. The van der Waals surface area contributed by atoms with Crippen LogP contribution in [0.25, 0.3) is 0 Å². The molecular formula is C7H18N2O2. The summed E-state index contributed by atoms with van der Waals surface area (Å²) in [5.74, 6) is 0. The molecule has 0 aromatic rings. The van der Waals surface area contributed by atoms with E-state index in [2.05, 4.69) is 0 Å². The molecule has 0 aromatic heterocycles. The lowest BCUT2D eigenvalue weighted by molar-refractivity contribution is -0.0430. The summed E-state index contributed by atoms with van der Waals surface area (Å²) in [7, 11) is 0. The first kappa shape index (κ1) is 10.8. The molecule has 0 aromatic carbocycles. The molecule has 0 fully saturated rings. The Kier molecular flexibility index (Phi) is 3.96. The van der Waals surface area contributed by atoms with Gasteiger partial charge >= 0.3 is 0 Å². The Morgan fingerprint density at radius 1 is 1.27 bits per heavy atom. The van der Waals surface area contributed by atoms with Gasteiger partial charge in [0.15, 0.2) is 0 Å². The van der Waals surface area contributed by atoms with Gasteiger partial charge < -0.3 is 21.7 Å². The molecule has 2 atom stereocenters. The summed E-state index contributed by atoms with van der Waals surface area (Å²) < 4.78 is 0. The van der Waals surface area contributed by atoms with Crippen LogP contribution in [0.4, 0.5) is 0 Å². The van der Waals surface area contributed by atoms with Gasteiger partial charge in [-0.15, -0.1) is 0 Å². The Morgan fingerprint density at radius 2 is 1.73 bits per heavy atom. The van der Waals surface area contributed by atoms with Crippen LogP contribution in [0.5, 0.6) is 0 Å². The highest BCUT2D eigenvalue weighted by molar-refractivity contribution is 4.84. The zero-order valence-corrected chi connectivity index (χ0v) is 7.12. The first-order valence-electron chi connectivity index (χ1n) is 3.72. The van der Waals surface area contributed by atoms with Crippen molar-refractivity contribution in [1.82, 2.24) is 0 Å². The average molecular weight is 162 g/mol. The average Bonchev–Trinajstić information content (AvgIpc) is 2.01. The van der Waals surface area contributed by atoms with Crippen molar-refractivity contribution in [3.05, 3.63) is 0 Å². The van der Waals surface area contributed by atoms with Crippen molar-refractivity contribution in [2.75, 3.05) is 13.1 Å². The van der Waals surface area contributed by atoms with E-state index in [1.807, 2.05) is 0 Å². The zero-order chi connectivity index (χ0) is 9.07. The largest absolute Gasteiger partial charge is 0.390 e. The van der Waals surface area contributed by atoms with E-state index in [1.165, 1.54) is 0 Å². The molecule has 0 radical (unpaired) electrons. The van der Waals surface area contributed by atoms with Gasteiger partial charge in [-0.3, -0.25) is 0 Å². The molecule has 0 saturated heterocycles. The molecular weight excluding hydrogens is 144 g/mol. The predicted octanol–water partition coefficient (Wildman–Crippen LogP) is -1.35. The first-order valence-corrected chi connectivity index (χ1v) is 3.72. The monoisotopic (exact) mass is 162 g/mol. The van der Waals surface area contributed by atoms with Crippen molar-refractivity contribution in [1.29, 1.82) is 0 Å². The van der Waals surface area contributed by atoms with Gasteiger partial charge in [0, 0.05) is 12.0 Å². The van der Waals surface area contributed by atoms with Gasteiger partial charge in [-0.25, -0.2) is 0 Å². The molecule has 68 valence electrons. The third kappa shape index (κ3) is 2.75. The Labute approximate surface area is 67.2 Å². The molecule has 0 spiro atoms. The minimum Gasteiger partial charge on any atom is -0.390 e. The molecule has 0 saturated carbocycles. The second-order valence-corrected chi connectivity index (χ2v) is 3.44. The summed E-state index contributed by atoms with van der Waals surface area (Å²) in [5.41, 5.74) is 10.1. The Hall–Kier alpha value is -0.160. The second-order valence-electron chi connectivity index (χ2n) is 3.44. The molecule has 0 bridgehead atoms. The van der Waals surface area contributed by atoms with E-state index < -0.39 is 17.6 Å². The van der Waals surface area contributed by atoms with E-state index in [0.717, 1.165) is 0 Å². The Balaban J connectivity index is 4.10. The molecule has 11 heavy (non-hydrogen) atoms. The Morgan fingerprint density at radius 3 is 2.00 bits per heavy atom. The van der Waals surface area contributed by atoms with Crippen molar-refractivity contribution >= 4 is 0 Å².